The molecule has 0 spiro atoms. The minimum absolute atomic E-state index is 1.10. The Labute approximate surface area is 75.1 Å². The lowest BCUT2D eigenvalue weighted by Crippen LogP contribution is -2.11. The maximum absolute atomic E-state index is 3.82. The third kappa shape index (κ3) is 1.79. The summed E-state index contributed by atoms with van der Waals surface area (Å²) in [6.45, 7) is 7.10. The molecule has 0 aromatic heterocycles. The molecular weight excluding hydrogens is 146 g/mol. The third-order valence-electron chi connectivity index (χ3n) is 2.21. The van der Waals surface area contributed by atoms with Crippen LogP contribution in [-0.4, -0.2) is 18.5 Å². The smallest absolute Gasteiger partial charge is 0.0393 e. The van der Waals surface area contributed by atoms with Gasteiger partial charge in [-0.25, -0.2) is 0 Å². The summed E-state index contributed by atoms with van der Waals surface area (Å²) in [5.41, 5.74) is 2.72. The van der Waals surface area contributed by atoms with Crippen LogP contribution < -0.4 is 0 Å². The number of hydrogen-bond acceptors (Lipinski definition) is 1. The summed E-state index contributed by atoms with van der Waals surface area (Å²) in [4.78, 5) is 2.28. The zero-order valence-electron chi connectivity index (χ0n) is 8.01. The second kappa shape index (κ2) is 4.15. The Kier molecular flexibility index (Phi) is 3.15. The highest BCUT2D eigenvalue weighted by molar-refractivity contribution is 5.34. The van der Waals surface area contributed by atoms with Crippen molar-refractivity contribution >= 4 is 0 Å². The summed E-state index contributed by atoms with van der Waals surface area (Å²) in [6, 6.07) is 0. The molecule has 0 aromatic carbocycles. The van der Waals surface area contributed by atoms with E-state index in [1.807, 2.05) is 6.08 Å². The Morgan fingerprint density at radius 1 is 1.58 bits per heavy atom. The van der Waals surface area contributed by atoms with Gasteiger partial charge in [0.1, 0.15) is 0 Å². The van der Waals surface area contributed by atoms with Gasteiger partial charge in [0.2, 0.25) is 0 Å². The van der Waals surface area contributed by atoms with Crippen LogP contribution in [0.1, 0.15) is 19.8 Å². The Hall–Kier alpha value is -0.980. The molecule has 0 N–H and O–H groups in total. The predicted octanol–water partition coefficient (Wildman–Crippen LogP) is 2.73. The molecule has 1 heterocycles. The zero-order valence-corrected chi connectivity index (χ0v) is 8.01. The number of rotatable bonds is 3. The lowest BCUT2D eigenvalue weighted by molar-refractivity contribution is 0.471. The van der Waals surface area contributed by atoms with Gasteiger partial charge in [-0.15, -0.1) is 0 Å². The molecule has 1 aliphatic rings. The van der Waals surface area contributed by atoms with E-state index < -0.39 is 0 Å². The number of nitrogens with zero attached hydrogens (tertiary/aromatic N) is 1. The van der Waals surface area contributed by atoms with Crippen LogP contribution in [0.3, 0.4) is 0 Å². The summed E-state index contributed by atoms with van der Waals surface area (Å²) < 4.78 is 0. The molecule has 0 saturated heterocycles. The maximum Gasteiger partial charge on any atom is 0.0393 e. The standard InChI is InChI=1S/C11H17N/c1-4-6-7-11-10(5-2)8-9-12(11)3/h5-7H,2,4,8-9H2,1,3H3/b7-6-. The molecule has 0 aliphatic carbocycles. The molecule has 0 saturated carbocycles. The summed E-state index contributed by atoms with van der Waals surface area (Å²) >= 11 is 0. The fourth-order valence-electron chi connectivity index (χ4n) is 1.45. The topological polar surface area (TPSA) is 3.24 Å². The number of allylic oxidation sites excluding steroid dienone is 3. The van der Waals surface area contributed by atoms with Crippen molar-refractivity contribution in [1.29, 1.82) is 0 Å². The van der Waals surface area contributed by atoms with Gasteiger partial charge in [-0.2, -0.15) is 0 Å². The van der Waals surface area contributed by atoms with Gasteiger partial charge in [-0.3, -0.25) is 0 Å². The average molecular weight is 163 g/mol. The summed E-state index contributed by atoms with van der Waals surface area (Å²) in [5.74, 6) is 0. The first-order valence-electron chi connectivity index (χ1n) is 4.52. The number of hydrogen-bond donors (Lipinski definition) is 0. The monoisotopic (exact) mass is 163 g/mol. The van der Waals surface area contributed by atoms with Crippen molar-refractivity contribution in [3.8, 4) is 0 Å². The summed E-state index contributed by atoms with van der Waals surface area (Å²) in [6.07, 6.45) is 8.61. The van der Waals surface area contributed by atoms with Gasteiger partial charge in [-0.05, 0) is 24.5 Å². The van der Waals surface area contributed by atoms with Gasteiger partial charge in [0.05, 0.1) is 0 Å². The normalized spacial score (nSPS) is 18.0. The SMILES string of the molecule is C=CC1=C(/C=C\CC)N(C)CC1. The molecule has 0 atom stereocenters. The van der Waals surface area contributed by atoms with E-state index >= 15 is 0 Å². The average Bonchev–Trinajstić information content (AvgIpc) is 2.43. The van der Waals surface area contributed by atoms with Gasteiger partial charge < -0.3 is 4.90 Å². The van der Waals surface area contributed by atoms with E-state index in [2.05, 4.69) is 37.6 Å². The molecule has 1 heteroatoms. The Morgan fingerprint density at radius 2 is 2.33 bits per heavy atom. The van der Waals surface area contributed by atoms with Crippen LogP contribution in [0.25, 0.3) is 0 Å². The van der Waals surface area contributed by atoms with Crippen LogP contribution in [0, 0.1) is 0 Å². The first kappa shape index (κ1) is 9.11. The molecule has 0 radical (unpaired) electrons. The van der Waals surface area contributed by atoms with Crippen LogP contribution in [0.5, 0.6) is 0 Å². The molecule has 1 rings (SSSR count). The first-order chi connectivity index (χ1) is 5.79. The predicted molar refractivity (Wildman–Crippen MR) is 53.9 cm³/mol. The van der Waals surface area contributed by atoms with E-state index in [4.69, 9.17) is 0 Å². The molecule has 0 bridgehead atoms. The van der Waals surface area contributed by atoms with Crippen molar-refractivity contribution in [2.24, 2.45) is 0 Å². The van der Waals surface area contributed by atoms with E-state index in [0.29, 0.717) is 0 Å². The van der Waals surface area contributed by atoms with E-state index in [-0.39, 0.29) is 0 Å². The summed E-state index contributed by atoms with van der Waals surface area (Å²) in [7, 11) is 2.13. The summed E-state index contributed by atoms with van der Waals surface area (Å²) in [5, 5.41) is 0. The highest BCUT2D eigenvalue weighted by Crippen LogP contribution is 2.22. The largest absolute Gasteiger partial charge is 0.374 e. The minimum Gasteiger partial charge on any atom is -0.374 e. The second-order valence-corrected chi connectivity index (χ2v) is 3.10. The van der Waals surface area contributed by atoms with Crippen LogP contribution in [0.15, 0.2) is 36.1 Å². The van der Waals surface area contributed by atoms with Crippen molar-refractivity contribution in [1.82, 2.24) is 4.90 Å². The highest BCUT2D eigenvalue weighted by Gasteiger charge is 2.13. The van der Waals surface area contributed by atoms with Crippen molar-refractivity contribution in [2.45, 2.75) is 19.8 Å². The Bertz CT molecular complexity index is 223. The van der Waals surface area contributed by atoms with Crippen molar-refractivity contribution in [3.05, 3.63) is 36.1 Å². The third-order valence-corrected chi connectivity index (χ3v) is 2.21. The highest BCUT2D eigenvalue weighted by atomic mass is 15.1. The molecule has 1 aliphatic heterocycles. The van der Waals surface area contributed by atoms with Crippen LogP contribution in [0.2, 0.25) is 0 Å². The second-order valence-electron chi connectivity index (χ2n) is 3.10. The molecule has 12 heavy (non-hydrogen) atoms. The Morgan fingerprint density at radius 3 is 2.92 bits per heavy atom. The maximum atomic E-state index is 3.82. The van der Waals surface area contributed by atoms with E-state index in [1.54, 1.807) is 0 Å². The lowest BCUT2D eigenvalue weighted by Gasteiger charge is -2.12. The van der Waals surface area contributed by atoms with Crippen LogP contribution in [-0.2, 0) is 0 Å². The van der Waals surface area contributed by atoms with Crippen LogP contribution in [0.4, 0.5) is 0 Å². The quantitative estimate of drug-likeness (QED) is 0.618. The van der Waals surface area contributed by atoms with E-state index in [0.717, 1.165) is 19.4 Å². The molecule has 66 valence electrons. The Balaban J connectivity index is 2.80. The van der Waals surface area contributed by atoms with E-state index in [1.165, 1.54) is 11.3 Å². The first-order valence-corrected chi connectivity index (χ1v) is 4.52. The molecular formula is C11H17N. The van der Waals surface area contributed by atoms with Gasteiger partial charge in [0.25, 0.3) is 0 Å². The molecule has 0 aromatic rings. The zero-order chi connectivity index (χ0) is 8.97. The van der Waals surface area contributed by atoms with Crippen molar-refractivity contribution in [2.75, 3.05) is 13.6 Å². The van der Waals surface area contributed by atoms with Crippen molar-refractivity contribution < 1.29 is 0 Å². The number of likely N-dealkylation sites (N-methyl/N-ethyl adjacent to an activating group) is 1. The fraction of sp³-hybridized carbons (Fsp3) is 0.455. The van der Waals surface area contributed by atoms with Gasteiger partial charge >= 0.3 is 0 Å². The minimum atomic E-state index is 1.10. The van der Waals surface area contributed by atoms with Gasteiger partial charge in [0.15, 0.2) is 0 Å². The van der Waals surface area contributed by atoms with E-state index in [9.17, 15) is 0 Å². The molecule has 1 nitrogen and oxygen atoms in total. The lowest BCUT2D eigenvalue weighted by atomic mass is 10.2. The molecule has 0 fully saturated rings. The van der Waals surface area contributed by atoms with Crippen molar-refractivity contribution in [3.63, 3.8) is 0 Å². The molecule has 0 amide bonds. The van der Waals surface area contributed by atoms with Gasteiger partial charge in [0, 0.05) is 19.3 Å². The molecule has 0 unspecified atom stereocenters. The van der Waals surface area contributed by atoms with Gasteiger partial charge in [-0.1, -0.05) is 25.7 Å². The van der Waals surface area contributed by atoms with Crippen LogP contribution >= 0.6 is 0 Å². The fourth-order valence-corrected chi connectivity index (χ4v) is 1.45.